The summed E-state index contributed by atoms with van der Waals surface area (Å²) in [5.41, 5.74) is 0.174. The van der Waals surface area contributed by atoms with Crippen LogP contribution in [0, 0.1) is 5.41 Å². The largest absolute Gasteiger partial charge is 0.396 e. The van der Waals surface area contributed by atoms with Crippen LogP contribution < -0.4 is 5.32 Å². The minimum Gasteiger partial charge on any atom is -0.396 e. The maximum absolute atomic E-state index is 9.63. The second kappa shape index (κ2) is 8.13. The van der Waals surface area contributed by atoms with Crippen LogP contribution in [0.5, 0.6) is 0 Å². The lowest BCUT2D eigenvalue weighted by Crippen LogP contribution is -2.42. The minimum absolute atomic E-state index is 0.174. The van der Waals surface area contributed by atoms with Gasteiger partial charge in [0.2, 0.25) is 0 Å². The van der Waals surface area contributed by atoms with Gasteiger partial charge in [-0.3, -0.25) is 0 Å². The van der Waals surface area contributed by atoms with Crippen molar-refractivity contribution >= 4 is 0 Å². The molecule has 0 bridgehead atoms. The van der Waals surface area contributed by atoms with E-state index in [9.17, 15) is 5.11 Å². The standard InChI is InChI=1S/C15H32N2O/c1-4-14(2)17(3)11-10-16-12-15(13-18)8-6-5-7-9-15/h14,16,18H,4-13H2,1-3H3. The quantitative estimate of drug-likeness (QED) is 0.654. The molecular weight excluding hydrogens is 224 g/mol. The molecule has 3 nitrogen and oxygen atoms in total. The van der Waals surface area contributed by atoms with Crippen molar-refractivity contribution in [3.8, 4) is 0 Å². The fourth-order valence-corrected chi connectivity index (χ4v) is 2.83. The Morgan fingerprint density at radius 1 is 1.28 bits per heavy atom. The zero-order valence-corrected chi connectivity index (χ0v) is 12.5. The molecule has 1 saturated carbocycles. The summed E-state index contributed by atoms with van der Waals surface area (Å²) in [6.07, 6.45) is 7.51. The Kier molecular flexibility index (Phi) is 7.20. The van der Waals surface area contributed by atoms with Crippen molar-refractivity contribution < 1.29 is 5.11 Å². The zero-order valence-electron chi connectivity index (χ0n) is 12.5. The molecule has 1 aliphatic rings. The van der Waals surface area contributed by atoms with Gasteiger partial charge in [0.25, 0.3) is 0 Å². The molecule has 0 saturated heterocycles. The fourth-order valence-electron chi connectivity index (χ4n) is 2.83. The Bertz CT molecular complexity index is 215. The Hall–Kier alpha value is -0.120. The molecule has 0 aliphatic heterocycles. The Morgan fingerprint density at radius 3 is 2.50 bits per heavy atom. The predicted octanol–water partition coefficient (Wildman–Crippen LogP) is 2.25. The van der Waals surface area contributed by atoms with Crippen LogP contribution in [0.2, 0.25) is 0 Å². The van der Waals surface area contributed by atoms with Gasteiger partial charge in [-0.2, -0.15) is 0 Å². The molecule has 0 heterocycles. The first-order valence-electron chi connectivity index (χ1n) is 7.65. The molecular formula is C15H32N2O. The Balaban J connectivity index is 2.19. The van der Waals surface area contributed by atoms with E-state index in [-0.39, 0.29) is 5.41 Å². The molecule has 1 aliphatic carbocycles. The summed E-state index contributed by atoms with van der Waals surface area (Å²) in [5.74, 6) is 0. The van der Waals surface area contributed by atoms with E-state index in [2.05, 4.69) is 31.1 Å². The topological polar surface area (TPSA) is 35.5 Å². The van der Waals surface area contributed by atoms with E-state index in [0.29, 0.717) is 12.6 Å². The van der Waals surface area contributed by atoms with E-state index < -0.39 is 0 Å². The Morgan fingerprint density at radius 2 is 1.94 bits per heavy atom. The maximum Gasteiger partial charge on any atom is 0.0499 e. The van der Waals surface area contributed by atoms with Crippen molar-refractivity contribution in [3.63, 3.8) is 0 Å². The molecule has 1 atom stereocenters. The number of aliphatic hydroxyl groups is 1. The second-order valence-electron chi connectivity index (χ2n) is 6.13. The van der Waals surface area contributed by atoms with Crippen molar-refractivity contribution in [2.45, 2.75) is 58.4 Å². The van der Waals surface area contributed by atoms with Gasteiger partial charge in [-0.15, -0.1) is 0 Å². The number of hydrogen-bond acceptors (Lipinski definition) is 3. The van der Waals surface area contributed by atoms with E-state index in [1.807, 2.05) is 0 Å². The molecule has 2 N–H and O–H groups in total. The van der Waals surface area contributed by atoms with E-state index in [0.717, 1.165) is 19.6 Å². The second-order valence-corrected chi connectivity index (χ2v) is 6.13. The summed E-state index contributed by atoms with van der Waals surface area (Å²) < 4.78 is 0. The van der Waals surface area contributed by atoms with Gasteiger partial charge in [-0.05, 0) is 33.2 Å². The number of rotatable bonds is 8. The lowest BCUT2D eigenvalue weighted by Gasteiger charge is -2.36. The summed E-state index contributed by atoms with van der Waals surface area (Å²) in [6, 6.07) is 0.660. The lowest BCUT2D eigenvalue weighted by atomic mass is 9.74. The van der Waals surface area contributed by atoms with Gasteiger partial charge in [0, 0.05) is 37.7 Å². The minimum atomic E-state index is 0.174. The van der Waals surface area contributed by atoms with Crippen LogP contribution >= 0.6 is 0 Å². The molecule has 1 unspecified atom stereocenters. The monoisotopic (exact) mass is 256 g/mol. The highest BCUT2D eigenvalue weighted by molar-refractivity contribution is 4.84. The number of nitrogens with one attached hydrogen (secondary N) is 1. The number of hydrogen-bond donors (Lipinski definition) is 2. The van der Waals surface area contributed by atoms with Crippen molar-refractivity contribution in [1.29, 1.82) is 0 Å². The summed E-state index contributed by atoms with van der Waals surface area (Å²) in [6.45, 7) is 7.96. The molecule has 18 heavy (non-hydrogen) atoms. The summed E-state index contributed by atoms with van der Waals surface area (Å²) >= 11 is 0. The third-order valence-electron chi connectivity index (χ3n) is 4.73. The van der Waals surface area contributed by atoms with Crippen molar-refractivity contribution in [2.24, 2.45) is 5.41 Å². The molecule has 0 aromatic carbocycles. The predicted molar refractivity (Wildman–Crippen MR) is 77.9 cm³/mol. The van der Waals surface area contributed by atoms with E-state index in [1.54, 1.807) is 0 Å². The zero-order chi connectivity index (χ0) is 13.4. The number of aliphatic hydroxyl groups excluding tert-OH is 1. The number of nitrogens with zero attached hydrogens (tertiary/aromatic N) is 1. The SMILES string of the molecule is CCC(C)N(C)CCNCC1(CO)CCCCC1. The molecule has 0 spiro atoms. The van der Waals surface area contributed by atoms with Gasteiger partial charge in [0.05, 0.1) is 0 Å². The summed E-state index contributed by atoms with van der Waals surface area (Å²) in [7, 11) is 2.19. The maximum atomic E-state index is 9.63. The first-order valence-corrected chi connectivity index (χ1v) is 7.65. The van der Waals surface area contributed by atoms with Gasteiger partial charge < -0.3 is 15.3 Å². The van der Waals surface area contributed by atoms with Gasteiger partial charge in [-0.25, -0.2) is 0 Å². The van der Waals surface area contributed by atoms with E-state index in [4.69, 9.17) is 0 Å². The molecule has 108 valence electrons. The van der Waals surface area contributed by atoms with Crippen LogP contribution in [0.1, 0.15) is 52.4 Å². The third-order valence-corrected chi connectivity index (χ3v) is 4.73. The average Bonchev–Trinajstić information content (AvgIpc) is 2.43. The van der Waals surface area contributed by atoms with Gasteiger partial charge >= 0.3 is 0 Å². The molecule has 3 heteroatoms. The van der Waals surface area contributed by atoms with Crippen LogP contribution in [0.4, 0.5) is 0 Å². The van der Waals surface area contributed by atoms with Crippen LogP contribution in [-0.4, -0.2) is 49.3 Å². The first kappa shape index (κ1) is 15.9. The van der Waals surface area contributed by atoms with E-state index in [1.165, 1.54) is 38.5 Å². The average molecular weight is 256 g/mol. The molecule has 0 amide bonds. The van der Waals surface area contributed by atoms with Crippen LogP contribution in [0.25, 0.3) is 0 Å². The van der Waals surface area contributed by atoms with Crippen molar-refractivity contribution in [3.05, 3.63) is 0 Å². The highest BCUT2D eigenvalue weighted by Crippen LogP contribution is 2.35. The molecule has 0 aromatic heterocycles. The van der Waals surface area contributed by atoms with Crippen LogP contribution in [-0.2, 0) is 0 Å². The highest BCUT2D eigenvalue weighted by atomic mass is 16.3. The number of likely N-dealkylation sites (N-methyl/N-ethyl adjacent to an activating group) is 1. The van der Waals surface area contributed by atoms with Crippen molar-refractivity contribution in [2.75, 3.05) is 33.3 Å². The summed E-state index contributed by atoms with van der Waals surface area (Å²) in [5, 5.41) is 13.2. The summed E-state index contributed by atoms with van der Waals surface area (Å²) in [4.78, 5) is 2.40. The van der Waals surface area contributed by atoms with Crippen molar-refractivity contribution in [1.82, 2.24) is 10.2 Å². The molecule has 1 rings (SSSR count). The normalized spacial score (nSPS) is 21.2. The molecule has 1 fully saturated rings. The Labute approximate surface area is 113 Å². The molecule has 0 aromatic rings. The first-order chi connectivity index (χ1) is 8.63. The van der Waals surface area contributed by atoms with Gasteiger partial charge in [0.15, 0.2) is 0 Å². The van der Waals surface area contributed by atoms with Gasteiger partial charge in [0.1, 0.15) is 0 Å². The van der Waals surface area contributed by atoms with Crippen LogP contribution in [0.3, 0.4) is 0 Å². The van der Waals surface area contributed by atoms with E-state index >= 15 is 0 Å². The smallest absolute Gasteiger partial charge is 0.0499 e. The van der Waals surface area contributed by atoms with Gasteiger partial charge in [-0.1, -0.05) is 26.2 Å². The fraction of sp³-hybridized carbons (Fsp3) is 1.00. The highest BCUT2D eigenvalue weighted by Gasteiger charge is 2.30. The van der Waals surface area contributed by atoms with Crippen LogP contribution in [0.15, 0.2) is 0 Å². The molecule has 0 radical (unpaired) electrons. The third kappa shape index (κ3) is 4.87. The lowest BCUT2D eigenvalue weighted by molar-refractivity contribution is 0.0805.